The number of carbonyl (C=O) groups is 6. The van der Waals surface area contributed by atoms with E-state index in [2.05, 4.69) is 13.8 Å². The van der Waals surface area contributed by atoms with Gasteiger partial charge in [0.1, 0.15) is 31.1 Å². The molecule has 1 aromatic rings. The molecule has 0 spiro atoms. The molecule has 0 aromatic heterocycles. The third kappa shape index (κ3) is 31.7. The van der Waals surface area contributed by atoms with Crippen molar-refractivity contribution < 1.29 is 61.9 Å². The maximum atomic E-state index is 13.2. The van der Waals surface area contributed by atoms with Crippen molar-refractivity contribution in [3.8, 4) is 11.5 Å². The van der Waals surface area contributed by atoms with Crippen LogP contribution in [0.15, 0.2) is 11.6 Å². The average molecular weight is 1070 g/mol. The van der Waals surface area contributed by atoms with Gasteiger partial charge in [-0.1, -0.05) is 205 Å². The summed E-state index contributed by atoms with van der Waals surface area (Å²) < 4.78 is 38.7. The molecule has 0 atom stereocenters. The Morgan fingerprint density at radius 1 is 0.500 bits per heavy atom. The van der Waals surface area contributed by atoms with Crippen LogP contribution in [0.4, 0.5) is 0 Å². The number of hydrogen-bond acceptors (Lipinski definition) is 13. The van der Waals surface area contributed by atoms with Crippen LogP contribution in [0.2, 0.25) is 0 Å². The van der Waals surface area contributed by atoms with Crippen LogP contribution in [0.3, 0.4) is 0 Å². The molecule has 0 fully saturated rings. The van der Waals surface area contributed by atoms with Gasteiger partial charge in [-0.05, 0) is 57.9 Å². The topological polar surface area (TPSA) is 167 Å². The Bertz CT molecular complexity index is 1770. The molecule has 1 aromatic carbocycles. The molecule has 1 heterocycles. The summed E-state index contributed by atoms with van der Waals surface area (Å²) in [5, 5.41) is 0. The molecule has 0 bridgehead atoms. The molecule has 2 rings (SSSR count). The molecule has 13 nitrogen and oxygen atoms in total. The van der Waals surface area contributed by atoms with Crippen molar-refractivity contribution in [3.63, 3.8) is 0 Å². The number of esters is 6. The number of hydrogen-bond donors (Lipinski definition) is 0. The fraction of sp³-hybridized carbons (Fsp3) is 0.778. The third-order valence-electron chi connectivity index (χ3n) is 14.6. The Morgan fingerprint density at radius 2 is 0.895 bits per heavy atom. The van der Waals surface area contributed by atoms with Crippen LogP contribution >= 0.6 is 0 Å². The first-order chi connectivity index (χ1) is 36.9. The minimum atomic E-state index is -0.850. The van der Waals surface area contributed by atoms with Crippen molar-refractivity contribution in [1.29, 1.82) is 0 Å². The van der Waals surface area contributed by atoms with Crippen molar-refractivity contribution in [1.82, 2.24) is 0 Å². The smallest absolute Gasteiger partial charge is 0.342 e. The van der Waals surface area contributed by atoms with Gasteiger partial charge in [-0.15, -0.1) is 0 Å². The van der Waals surface area contributed by atoms with E-state index in [0.29, 0.717) is 55.4 Å². The Kier molecular flexibility index (Phi) is 39.7. The van der Waals surface area contributed by atoms with E-state index < -0.39 is 24.0 Å². The Labute approximate surface area is 459 Å². The number of unbranched alkanes of at least 4 members (excludes halogenated alkanes) is 29. The van der Waals surface area contributed by atoms with E-state index in [-0.39, 0.29) is 68.3 Å². The lowest BCUT2D eigenvalue weighted by Crippen LogP contribution is -2.30. The quantitative estimate of drug-likeness (QED) is 0.0199. The van der Waals surface area contributed by atoms with E-state index in [1.165, 1.54) is 123 Å². The van der Waals surface area contributed by atoms with E-state index in [1.807, 2.05) is 19.9 Å². The summed E-state index contributed by atoms with van der Waals surface area (Å²) in [6.07, 6.45) is 39.1. The lowest BCUT2D eigenvalue weighted by Gasteiger charge is -2.19. The molecule has 0 saturated carbocycles. The minimum absolute atomic E-state index is 0.0795. The molecule has 76 heavy (non-hydrogen) atoms. The van der Waals surface area contributed by atoms with Crippen molar-refractivity contribution in [3.05, 3.63) is 33.9 Å². The average Bonchev–Trinajstić information content (AvgIpc) is 3.82. The van der Waals surface area contributed by atoms with Crippen LogP contribution in [0.25, 0.3) is 0 Å². The van der Waals surface area contributed by atoms with Gasteiger partial charge in [0.05, 0.1) is 14.2 Å². The van der Waals surface area contributed by atoms with Gasteiger partial charge in [-0.25, -0.2) is 4.79 Å². The Hall–Kier alpha value is -4.42. The van der Waals surface area contributed by atoms with Crippen molar-refractivity contribution >= 4 is 35.8 Å². The highest BCUT2D eigenvalue weighted by atomic mass is 16.6. The molecule has 1 aliphatic heterocycles. The molecular formula is C63H104O13. The predicted molar refractivity (Wildman–Crippen MR) is 301 cm³/mol. The summed E-state index contributed by atoms with van der Waals surface area (Å²) in [6, 6.07) is 0. The monoisotopic (exact) mass is 1070 g/mol. The number of benzene rings is 1. The molecule has 1 aliphatic rings. The maximum absolute atomic E-state index is 13.2. The van der Waals surface area contributed by atoms with Crippen molar-refractivity contribution in [2.24, 2.45) is 0 Å². The number of allylic oxidation sites excluding steroid dienone is 2. The molecule has 0 unspecified atom stereocenters. The second kappa shape index (κ2) is 44.5. The highest BCUT2D eigenvalue weighted by molar-refractivity contribution is 5.99. The molecule has 0 radical (unpaired) electrons. The van der Waals surface area contributed by atoms with Gasteiger partial charge in [-0.2, -0.15) is 0 Å². The van der Waals surface area contributed by atoms with Crippen LogP contribution in [0.1, 0.15) is 292 Å². The number of carbonyl (C=O) groups excluding carboxylic acids is 6. The standard InChI is InChI=1S/C63H104O13/c1-7-9-11-13-15-17-19-21-23-27-31-35-39-56(65)72-47-52(48-73-57(66)40-36-32-28-24-22-20-18-16-14-12-10-8-2)75-58(67)41-37-33-29-25-26-30-34-38-42-59(68)76-62-53(45-43-50(3)44-46-55(64)70-5)61(71-6)51(4)54-49-74-63(69)60(54)62/h43,52H,7-42,44-49H2,1-6H3/b50-43+. The number of methoxy groups -OCH3 is 2. The summed E-state index contributed by atoms with van der Waals surface area (Å²) in [5.41, 5.74) is 3.20. The normalized spacial score (nSPS) is 12.1. The molecule has 0 saturated heterocycles. The van der Waals surface area contributed by atoms with Crippen LogP contribution in [0, 0.1) is 6.92 Å². The molecular weight excluding hydrogens is 965 g/mol. The fourth-order valence-corrected chi connectivity index (χ4v) is 9.76. The second-order valence-corrected chi connectivity index (χ2v) is 21.3. The number of fused-ring (bicyclic) bond motifs is 1. The molecule has 13 heteroatoms. The van der Waals surface area contributed by atoms with Crippen LogP contribution in [-0.4, -0.2) is 69.4 Å². The summed E-state index contributed by atoms with van der Waals surface area (Å²) >= 11 is 0. The van der Waals surface area contributed by atoms with Crippen molar-refractivity contribution in [2.75, 3.05) is 27.4 Å². The van der Waals surface area contributed by atoms with Gasteiger partial charge in [-0.3, -0.25) is 24.0 Å². The molecule has 434 valence electrons. The minimum Gasteiger partial charge on any atom is -0.496 e. The zero-order valence-corrected chi connectivity index (χ0v) is 48.7. The molecule has 0 N–H and O–H groups in total. The van der Waals surface area contributed by atoms with Gasteiger partial charge >= 0.3 is 35.8 Å². The first kappa shape index (κ1) is 67.7. The van der Waals surface area contributed by atoms with E-state index in [1.54, 1.807) is 7.11 Å². The third-order valence-corrected chi connectivity index (χ3v) is 14.6. The number of ether oxygens (including phenoxy) is 7. The summed E-state index contributed by atoms with van der Waals surface area (Å²) in [6.45, 7) is 8.07. The Morgan fingerprint density at radius 3 is 1.30 bits per heavy atom. The molecule has 0 aliphatic carbocycles. The summed E-state index contributed by atoms with van der Waals surface area (Å²) in [4.78, 5) is 76.2. The summed E-state index contributed by atoms with van der Waals surface area (Å²) in [5.74, 6) is -1.60. The van der Waals surface area contributed by atoms with E-state index in [9.17, 15) is 28.8 Å². The van der Waals surface area contributed by atoms with Crippen LogP contribution < -0.4 is 9.47 Å². The maximum Gasteiger partial charge on any atom is 0.342 e. The zero-order chi connectivity index (χ0) is 55.4. The first-order valence-electron chi connectivity index (χ1n) is 30.3. The lowest BCUT2D eigenvalue weighted by molar-refractivity contribution is -0.167. The van der Waals surface area contributed by atoms with Crippen molar-refractivity contribution in [2.45, 2.75) is 291 Å². The fourth-order valence-electron chi connectivity index (χ4n) is 9.76. The number of cyclic esters (lactones) is 1. The largest absolute Gasteiger partial charge is 0.496 e. The van der Waals surface area contributed by atoms with Gasteiger partial charge in [0.25, 0.3) is 0 Å². The van der Waals surface area contributed by atoms with Crippen LogP contribution in [0.5, 0.6) is 11.5 Å². The predicted octanol–water partition coefficient (Wildman–Crippen LogP) is 16.1. The van der Waals surface area contributed by atoms with Crippen LogP contribution in [-0.2, 0) is 60.7 Å². The van der Waals surface area contributed by atoms with Gasteiger partial charge in [0.2, 0.25) is 0 Å². The second-order valence-electron chi connectivity index (χ2n) is 21.3. The highest BCUT2D eigenvalue weighted by Gasteiger charge is 2.34. The lowest BCUT2D eigenvalue weighted by atomic mass is 9.94. The summed E-state index contributed by atoms with van der Waals surface area (Å²) in [7, 11) is 2.90. The highest BCUT2D eigenvalue weighted by Crippen LogP contribution is 2.43. The Balaban J connectivity index is 1.74. The van der Waals surface area contributed by atoms with Gasteiger partial charge in [0.15, 0.2) is 11.9 Å². The first-order valence-corrected chi connectivity index (χ1v) is 30.3. The van der Waals surface area contributed by atoms with E-state index >= 15 is 0 Å². The number of rotatable bonds is 49. The molecule has 0 amide bonds. The van der Waals surface area contributed by atoms with Gasteiger partial charge in [0, 0.05) is 43.2 Å². The zero-order valence-electron chi connectivity index (χ0n) is 48.7. The SMILES string of the molecule is CCCCCCCCCCCCCCC(=O)OCC(COC(=O)CCCCCCCCCCCCCC)OC(=O)CCCCCCCCCCC(=O)Oc1c(C/C=C(\C)CCC(=O)OC)c(OC)c(C)c2c1C(=O)OC2. The van der Waals surface area contributed by atoms with Gasteiger partial charge < -0.3 is 33.2 Å². The van der Waals surface area contributed by atoms with E-state index in [0.717, 1.165) is 88.2 Å². The van der Waals surface area contributed by atoms with E-state index in [4.69, 9.17) is 33.2 Å².